The zero-order valence-corrected chi connectivity index (χ0v) is 15.4. The van der Waals surface area contributed by atoms with Gasteiger partial charge in [0.1, 0.15) is 0 Å². The lowest BCUT2D eigenvalue weighted by Gasteiger charge is -2.22. The van der Waals surface area contributed by atoms with Gasteiger partial charge in [-0.25, -0.2) is 0 Å². The van der Waals surface area contributed by atoms with E-state index < -0.39 is 0 Å². The second kappa shape index (κ2) is 6.03. The van der Waals surface area contributed by atoms with Gasteiger partial charge in [0.2, 0.25) is 0 Å². The Labute approximate surface area is 147 Å². The number of nitrogens with zero attached hydrogens (tertiary/aromatic N) is 2. The molecule has 1 amide bonds. The van der Waals surface area contributed by atoms with E-state index in [-0.39, 0.29) is 5.91 Å². The van der Waals surface area contributed by atoms with Crippen molar-refractivity contribution in [3.8, 4) is 11.3 Å². The minimum absolute atomic E-state index is 0.00870. The summed E-state index contributed by atoms with van der Waals surface area (Å²) < 4.78 is 1.95. The van der Waals surface area contributed by atoms with Crippen molar-refractivity contribution >= 4 is 17.2 Å². The minimum atomic E-state index is -0.00870. The number of aromatic nitrogens is 2. The molecular formula is C19H25N3OS. The highest BCUT2D eigenvalue weighted by atomic mass is 32.1. The fourth-order valence-corrected chi connectivity index (χ4v) is 5.47. The number of aryl methyl sites for hydroxylation is 3. The van der Waals surface area contributed by atoms with Crippen LogP contribution < -0.4 is 5.32 Å². The first kappa shape index (κ1) is 15.9. The van der Waals surface area contributed by atoms with E-state index >= 15 is 0 Å². The molecule has 2 aromatic heterocycles. The molecule has 4 nitrogen and oxygen atoms in total. The Morgan fingerprint density at radius 2 is 2.17 bits per heavy atom. The zero-order valence-electron chi connectivity index (χ0n) is 14.6. The van der Waals surface area contributed by atoms with E-state index in [1.807, 2.05) is 10.7 Å². The van der Waals surface area contributed by atoms with Gasteiger partial charge >= 0.3 is 0 Å². The van der Waals surface area contributed by atoms with Crippen molar-refractivity contribution in [1.29, 1.82) is 0 Å². The number of hydrogen-bond donors (Lipinski definition) is 1. The van der Waals surface area contributed by atoms with E-state index in [2.05, 4.69) is 37.3 Å². The Kier molecular flexibility index (Phi) is 3.99. The second-order valence-electron chi connectivity index (χ2n) is 7.31. The highest BCUT2D eigenvalue weighted by molar-refractivity contribution is 7.12. The summed E-state index contributed by atoms with van der Waals surface area (Å²) in [6.07, 6.45) is 5.08. The maximum absolute atomic E-state index is 12.7. The van der Waals surface area contributed by atoms with Gasteiger partial charge in [-0.15, -0.1) is 11.3 Å². The molecule has 24 heavy (non-hydrogen) atoms. The number of thiophene rings is 1. The lowest BCUT2D eigenvalue weighted by atomic mass is 9.95. The molecule has 2 fully saturated rings. The first-order valence-electron chi connectivity index (χ1n) is 9.01. The van der Waals surface area contributed by atoms with Crippen molar-refractivity contribution in [1.82, 2.24) is 15.1 Å². The second-order valence-corrected chi connectivity index (χ2v) is 8.77. The van der Waals surface area contributed by atoms with Crippen LogP contribution in [0, 0.1) is 25.7 Å². The summed E-state index contributed by atoms with van der Waals surface area (Å²) >= 11 is 1.79. The maximum atomic E-state index is 12.7. The minimum Gasteiger partial charge on any atom is -0.348 e. The molecule has 0 radical (unpaired) electrons. The van der Waals surface area contributed by atoms with Crippen LogP contribution >= 0.6 is 11.3 Å². The molecule has 128 valence electrons. The van der Waals surface area contributed by atoms with Crippen molar-refractivity contribution in [2.24, 2.45) is 11.8 Å². The molecule has 0 saturated heterocycles. The Bertz CT molecular complexity index is 776. The quantitative estimate of drug-likeness (QED) is 0.906. The number of amides is 1. The molecule has 5 heteroatoms. The van der Waals surface area contributed by atoms with E-state index in [1.54, 1.807) is 11.3 Å². The van der Waals surface area contributed by atoms with E-state index in [9.17, 15) is 4.79 Å². The van der Waals surface area contributed by atoms with Crippen LogP contribution in [0.3, 0.4) is 0 Å². The number of nitrogens with one attached hydrogen (secondary N) is 1. The predicted octanol–water partition coefficient (Wildman–Crippen LogP) is 4.17. The SMILES string of the molecule is CCn1nc(C(=O)NC2CC3CCC2C3)cc1-c1cc(C)sc1C. The van der Waals surface area contributed by atoms with Crippen molar-refractivity contribution in [3.05, 3.63) is 27.6 Å². The molecule has 2 aliphatic rings. The van der Waals surface area contributed by atoms with Gasteiger partial charge in [0.25, 0.3) is 5.91 Å². The van der Waals surface area contributed by atoms with Crippen LogP contribution in [0.1, 0.15) is 52.8 Å². The summed E-state index contributed by atoms with van der Waals surface area (Å²) in [5.74, 6) is 1.51. The van der Waals surface area contributed by atoms with Gasteiger partial charge in [-0.05, 0) is 64.0 Å². The summed E-state index contributed by atoms with van der Waals surface area (Å²) in [5, 5.41) is 7.82. The summed E-state index contributed by atoms with van der Waals surface area (Å²) in [7, 11) is 0. The molecule has 4 rings (SSSR count). The molecule has 2 aliphatic carbocycles. The van der Waals surface area contributed by atoms with E-state index in [1.165, 1.54) is 34.6 Å². The Balaban J connectivity index is 1.57. The van der Waals surface area contributed by atoms with Gasteiger partial charge < -0.3 is 5.32 Å². The standard InChI is InChI=1S/C19H25N3OS/c1-4-22-18(15-7-11(2)24-12(15)3)10-17(21-22)19(23)20-16-9-13-5-6-14(16)8-13/h7,10,13-14,16H,4-6,8-9H2,1-3H3,(H,20,23). The van der Waals surface area contributed by atoms with E-state index in [0.29, 0.717) is 17.7 Å². The van der Waals surface area contributed by atoms with Crippen molar-refractivity contribution < 1.29 is 4.79 Å². The summed E-state index contributed by atoms with van der Waals surface area (Å²) in [6, 6.07) is 4.51. The van der Waals surface area contributed by atoms with Crippen LogP contribution in [0.15, 0.2) is 12.1 Å². The molecule has 3 atom stereocenters. The normalized spacial score (nSPS) is 25.4. The molecular weight excluding hydrogens is 318 g/mol. The molecule has 2 saturated carbocycles. The van der Waals surface area contributed by atoms with Crippen LogP contribution in [0.5, 0.6) is 0 Å². The third-order valence-electron chi connectivity index (χ3n) is 5.68. The van der Waals surface area contributed by atoms with Gasteiger partial charge in [0.15, 0.2) is 5.69 Å². The Morgan fingerprint density at radius 3 is 2.75 bits per heavy atom. The molecule has 1 N–H and O–H groups in total. The molecule has 2 aromatic rings. The van der Waals surface area contributed by atoms with Crippen LogP contribution in [0.4, 0.5) is 0 Å². The van der Waals surface area contributed by atoms with Gasteiger partial charge in [0, 0.05) is 27.9 Å². The molecule has 2 bridgehead atoms. The Morgan fingerprint density at radius 1 is 1.33 bits per heavy atom. The largest absolute Gasteiger partial charge is 0.348 e. The summed E-state index contributed by atoms with van der Waals surface area (Å²) in [6.45, 7) is 7.10. The number of rotatable bonds is 4. The van der Waals surface area contributed by atoms with Crippen LogP contribution in [-0.2, 0) is 6.54 Å². The van der Waals surface area contributed by atoms with Crippen molar-refractivity contribution in [3.63, 3.8) is 0 Å². The van der Waals surface area contributed by atoms with Crippen molar-refractivity contribution in [2.75, 3.05) is 0 Å². The maximum Gasteiger partial charge on any atom is 0.272 e. The lowest BCUT2D eigenvalue weighted by Crippen LogP contribution is -2.38. The highest BCUT2D eigenvalue weighted by Crippen LogP contribution is 2.44. The highest BCUT2D eigenvalue weighted by Gasteiger charge is 2.40. The Hall–Kier alpha value is -1.62. The fourth-order valence-electron chi connectivity index (χ4n) is 4.53. The number of hydrogen-bond acceptors (Lipinski definition) is 3. The lowest BCUT2D eigenvalue weighted by molar-refractivity contribution is 0.0917. The van der Waals surface area contributed by atoms with Gasteiger partial charge in [-0.2, -0.15) is 5.10 Å². The number of carbonyl (C=O) groups excluding carboxylic acids is 1. The molecule has 0 aliphatic heterocycles. The number of carbonyl (C=O) groups is 1. The third kappa shape index (κ3) is 2.69. The smallest absolute Gasteiger partial charge is 0.272 e. The summed E-state index contributed by atoms with van der Waals surface area (Å²) in [5.41, 5.74) is 2.81. The van der Waals surface area contributed by atoms with Crippen LogP contribution in [-0.4, -0.2) is 21.7 Å². The van der Waals surface area contributed by atoms with E-state index in [4.69, 9.17) is 0 Å². The number of fused-ring (bicyclic) bond motifs is 2. The summed E-state index contributed by atoms with van der Waals surface area (Å²) in [4.78, 5) is 15.3. The predicted molar refractivity (Wildman–Crippen MR) is 97.4 cm³/mol. The molecule has 3 unspecified atom stereocenters. The van der Waals surface area contributed by atoms with Gasteiger partial charge in [0.05, 0.1) is 5.69 Å². The van der Waals surface area contributed by atoms with Gasteiger partial charge in [-0.3, -0.25) is 9.48 Å². The third-order valence-corrected chi connectivity index (χ3v) is 6.65. The first-order chi connectivity index (χ1) is 11.5. The van der Waals surface area contributed by atoms with E-state index in [0.717, 1.165) is 24.6 Å². The average molecular weight is 343 g/mol. The molecule has 0 spiro atoms. The zero-order chi connectivity index (χ0) is 16.8. The molecule has 0 aromatic carbocycles. The molecule has 2 heterocycles. The van der Waals surface area contributed by atoms with Crippen LogP contribution in [0.2, 0.25) is 0 Å². The van der Waals surface area contributed by atoms with Gasteiger partial charge in [-0.1, -0.05) is 6.42 Å². The first-order valence-corrected chi connectivity index (χ1v) is 9.83. The van der Waals surface area contributed by atoms with Crippen LogP contribution in [0.25, 0.3) is 11.3 Å². The fraction of sp³-hybridized carbons (Fsp3) is 0.579. The van der Waals surface area contributed by atoms with Crippen molar-refractivity contribution in [2.45, 2.75) is 59.0 Å². The monoisotopic (exact) mass is 343 g/mol. The topological polar surface area (TPSA) is 46.9 Å². The average Bonchev–Trinajstić information content (AvgIpc) is 3.30.